The van der Waals surface area contributed by atoms with Crippen LogP contribution in [0.2, 0.25) is 0 Å². The van der Waals surface area contributed by atoms with E-state index in [1.165, 1.54) is 31.5 Å². The highest BCUT2D eigenvalue weighted by Crippen LogP contribution is 2.36. The van der Waals surface area contributed by atoms with Gasteiger partial charge in [0.1, 0.15) is 12.7 Å². The highest BCUT2D eigenvalue weighted by atomic mass is 19.4. The van der Waals surface area contributed by atoms with Crippen molar-refractivity contribution in [3.63, 3.8) is 0 Å². The molecule has 0 atom stereocenters. The molecule has 0 fully saturated rings. The Hall–Kier alpha value is -3.69. The first-order valence-corrected chi connectivity index (χ1v) is 8.44. The van der Waals surface area contributed by atoms with Gasteiger partial charge in [0, 0.05) is 18.2 Å². The summed E-state index contributed by atoms with van der Waals surface area (Å²) >= 11 is 0. The lowest BCUT2D eigenvalue weighted by molar-refractivity contribution is -0.137. The number of amides is 2. The summed E-state index contributed by atoms with van der Waals surface area (Å²) in [6.45, 7) is 1.64. The molecule has 29 heavy (non-hydrogen) atoms. The van der Waals surface area contributed by atoms with Crippen LogP contribution in [0.25, 0.3) is 0 Å². The summed E-state index contributed by atoms with van der Waals surface area (Å²) in [5.41, 5.74) is -0.419. The van der Waals surface area contributed by atoms with Gasteiger partial charge in [-0.25, -0.2) is 9.67 Å². The van der Waals surface area contributed by atoms with Crippen molar-refractivity contribution in [2.24, 2.45) is 0 Å². The van der Waals surface area contributed by atoms with E-state index in [1.54, 1.807) is 23.1 Å². The molecular formula is C19H16F3N5O2. The number of carbonyl (C=O) groups is 2. The molecule has 0 spiro atoms. The van der Waals surface area contributed by atoms with Crippen LogP contribution in [0.3, 0.4) is 0 Å². The molecule has 10 heteroatoms. The van der Waals surface area contributed by atoms with Gasteiger partial charge in [-0.2, -0.15) is 18.3 Å². The van der Waals surface area contributed by atoms with E-state index in [1.807, 2.05) is 0 Å². The van der Waals surface area contributed by atoms with Gasteiger partial charge < -0.3 is 10.6 Å². The molecule has 0 aliphatic heterocycles. The van der Waals surface area contributed by atoms with Crippen molar-refractivity contribution in [1.82, 2.24) is 14.8 Å². The van der Waals surface area contributed by atoms with Crippen molar-refractivity contribution in [3.8, 4) is 0 Å². The third-order valence-electron chi connectivity index (χ3n) is 3.92. The molecule has 0 saturated carbocycles. The number of benzene rings is 2. The molecule has 3 rings (SSSR count). The second kappa shape index (κ2) is 8.13. The quantitative estimate of drug-likeness (QED) is 0.682. The van der Waals surface area contributed by atoms with E-state index in [0.717, 1.165) is 17.7 Å². The zero-order valence-corrected chi connectivity index (χ0v) is 15.2. The minimum atomic E-state index is -4.71. The Kier molecular flexibility index (Phi) is 5.62. The van der Waals surface area contributed by atoms with Gasteiger partial charge in [0.25, 0.3) is 5.91 Å². The summed E-state index contributed by atoms with van der Waals surface area (Å²) in [5, 5.41) is 8.55. The van der Waals surface area contributed by atoms with Crippen molar-refractivity contribution in [2.45, 2.75) is 19.6 Å². The number of hydrogen-bond acceptors (Lipinski definition) is 4. The molecule has 3 aromatic rings. The maximum atomic E-state index is 13.4. The lowest BCUT2D eigenvalue weighted by atomic mass is 10.1. The second-order valence-electron chi connectivity index (χ2n) is 6.18. The second-order valence-corrected chi connectivity index (χ2v) is 6.18. The van der Waals surface area contributed by atoms with Crippen LogP contribution < -0.4 is 10.6 Å². The third-order valence-corrected chi connectivity index (χ3v) is 3.92. The molecule has 2 aromatic carbocycles. The average Bonchev–Trinajstić information content (AvgIpc) is 3.15. The van der Waals surface area contributed by atoms with Crippen molar-refractivity contribution < 1.29 is 22.8 Å². The first kappa shape index (κ1) is 20.1. The number of aromatic nitrogens is 3. The normalized spacial score (nSPS) is 11.2. The van der Waals surface area contributed by atoms with Gasteiger partial charge in [0.15, 0.2) is 0 Å². The van der Waals surface area contributed by atoms with Crippen LogP contribution in [0.5, 0.6) is 0 Å². The molecule has 0 aliphatic rings. The Morgan fingerprint density at radius 1 is 1.07 bits per heavy atom. The zero-order valence-electron chi connectivity index (χ0n) is 15.2. The Balaban J connectivity index is 1.78. The van der Waals surface area contributed by atoms with Crippen molar-refractivity contribution in [3.05, 3.63) is 71.8 Å². The van der Waals surface area contributed by atoms with Crippen molar-refractivity contribution >= 4 is 23.2 Å². The van der Waals surface area contributed by atoms with Crippen LogP contribution in [0.4, 0.5) is 24.5 Å². The summed E-state index contributed by atoms with van der Waals surface area (Å²) in [6.07, 6.45) is -1.76. The van der Waals surface area contributed by atoms with Gasteiger partial charge in [-0.3, -0.25) is 9.59 Å². The van der Waals surface area contributed by atoms with Crippen LogP contribution in [-0.4, -0.2) is 26.6 Å². The number of hydrogen-bond donors (Lipinski definition) is 2. The molecule has 0 unspecified atom stereocenters. The lowest BCUT2D eigenvalue weighted by Gasteiger charge is -2.15. The Morgan fingerprint density at radius 3 is 2.38 bits per heavy atom. The van der Waals surface area contributed by atoms with E-state index in [9.17, 15) is 22.8 Å². The molecule has 0 bridgehead atoms. The van der Waals surface area contributed by atoms with Crippen LogP contribution in [0.15, 0.2) is 55.1 Å². The lowest BCUT2D eigenvalue weighted by Crippen LogP contribution is -2.17. The smallest absolute Gasteiger partial charge is 0.326 e. The first-order chi connectivity index (χ1) is 13.7. The summed E-state index contributed by atoms with van der Waals surface area (Å²) in [6, 6.07) is 9.56. The Bertz CT molecular complexity index is 1020. The average molecular weight is 403 g/mol. The molecular weight excluding hydrogens is 387 g/mol. The summed E-state index contributed by atoms with van der Waals surface area (Å²) < 4.78 is 41.7. The summed E-state index contributed by atoms with van der Waals surface area (Å²) in [5.74, 6) is -1.18. The number of halogens is 3. The zero-order chi connectivity index (χ0) is 21.0. The maximum absolute atomic E-state index is 13.4. The van der Waals surface area contributed by atoms with Crippen LogP contribution in [-0.2, 0) is 17.5 Å². The largest absolute Gasteiger partial charge is 0.418 e. The van der Waals surface area contributed by atoms with Gasteiger partial charge in [-0.1, -0.05) is 12.1 Å². The number of anilines is 2. The molecule has 7 nitrogen and oxygen atoms in total. The van der Waals surface area contributed by atoms with Gasteiger partial charge >= 0.3 is 6.18 Å². The number of nitrogens with zero attached hydrogens (tertiary/aromatic N) is 3. The van der Waals surface area contributed by atoms with Gasteiger partial charge in [0.2, 0.25) is 5.91 Å². The van der Waals surface area contributed by atoms with E-state index >= 15 is 0 Å². The van der Waals surface area contributed by atoms with E-state index in [4.69, 9.17) is 0 Å². The Morgan fingerprint density at radius 2 is 1.79 bits per heavy atom. The molecule has 0 radical (unpaired) electrons. The number of nitrogens with one attached hydrogen (secondary N) is 2. The number of alkyl halides is 3. The van der Waals surface area contributed by atoms with Crippen LogP contribution >= 0.6 is 0 Å². The third kappa shape index (κ3) is 5.18. The van der Waals surface area contributed by atoms with Crippen LogP contribution in [0.1, 0.15) is 28.4 Å². The fraction of sp³-hybridized carbons (Fsp3) is 0.158. The summed E-state index contributed by atoms with van der Waals surface area (Å²) in [7, 11) is 0. The predicted octanol–water partition coefficient (Wildman–Crippen LogP) is 3.56. The topological polar surface area (TPSA) is 88.9 Å². The SMILES string of the molecule is CC(=O)Nc1ccc(NC(=O)c2ccc(Cn3cncn3)cc2)c(C(F)(F)F)c1. The Labute approximate surface area is 163 Å². The highest BCUT2D eigenvalue weighted by Gasteiger charge is 2.34. The molecule has 150 valence electrons. The molecule has 1 aromatic heterocycles. The fourth-order valence-corrected chi connectivity index (χ4v) is 2.63. The predicted molar refractivity (Wildman–Crippen MR) is 99.3 cm³/mol. The van der Waals surface area contributed by atoms with E-state index in [2.05, 4.69) is 20.7 Å². The number of carbonyl (C=O) groups excluding carboxylic acids is 2. The van der Waals surface area contributed by atoms with Crippen LogP contribution in [0, 0.1) is 0 Å². The first-order valence-electron chi connectivity index (χ1n) is 8.44. The minimum Gasteiger partial charge on any atom is -0.326 e. The molecule has 1 heterocycles. The van der Waals surface area contributed by atoms with E-state index in [0.29, 0.717) is 6.54 Å². The van der Waals surface area contributed by atoms with Gasteiger partial charge in [0.05, 0.1) is 17.8 Å². The van der Waals surface area contributed by atoms with Gasteiger partial charge in [-0.15, -0.1) is 0 Å². The van der Waals surface area contributed by atoms with Gasteiger partial charge in [-0.05, 0) is 35.9 Å². The molecule has 2 amide bonds. The molecule has 2 N–H and O–H groups in total. The maximum Gasteiger partial charge on any atom is 0.418 e. The molecule has 0 saturated heterocycles. The fourth-order valence-electron chi connectivity index (χ4n) is 2.63. The molecule has 0 aliphatic carbocycles. The highest BCUT2D eigenvalue weighted by molar-refractivity contribution is 6.05. The monoisotopic (exact) mass is 403 g/mol. The van der Waals surface area contributed by atoms with E-state index in [-0.39, 0.29) is 11.3 Å². The minimum absolute atomic E-state index is 0.0136. The van der Waals surface area contributed by atoms with E-state index < -0.39 is 29.2 Å². The standard InChI is InChI=1S/C19H16F3N5O2/c1-12(28)25-15-6-7-17(16(8-15)19(20,21)22)26-18(29)14-4-2-13(3-5-14)9-27-11-23-10-24-27/h2-8,10-11H,9H2,1H3,(H,25,28)(H,26,29). The summed E-state index contributed by atoms with van der Waals surface area (Å²) in [4.78, 5) is 27.3. The van der Waals surface area contributed by atoms with Crippen molar-refractivity contribution in [2.75, 3.05) is 10.6 Å². The number of rotatable bonds is 5. The van der Waals surface area contributed by atoms with Crippen molar-refractivity contribution in [1.29, 1.82) is 0 Å².